The highest BCUT2D eigenvalue weighted by Crippen LogP contribution is 2.27. The zero-order valence-electron chi connectivity index (χ0n) is 15.3. The molecule has 2 aromatic heterocycles. The lowest BCUT2D eigenvalue weighted by atomic mass is 10.2. The van der Waals surface area contributed by atoms with Crippen molar-refractivity contribution in [3.63, 3.8) is 0 Å². The Bertz CT molecular complexity index is 882. The summed E-state index contributed by atoms with van der Waals surface area (Å²) in [5.41, 5.74) is 2.40. The van der Waals surface area contributed by atoms with Crippen LogP contribution in [-0.2, 0) is 0 Å². The summed E-state index contributed by atoms with van der Waals surface area (Å²) in [6.07, 6.45) is 4.12. The molecule has 1 aliphatic heterocycles. The van der Waals surface area contributed by atoms with E-state index in [1.165, 1.54) is 23.3 Å². The van der Waals surface area contributed by atoms with E-state index in [1.807, 2.05) is 31.2 Å². The quantitative estimate of drug-likeness (QED) is 0.712. The van der Waals surface area contributed by atoms with Crippen LogP contribution >= 0.6 is 11.3 Å². The molecule has 3 aromatic rings. The smallest absolute Gasteiger partial charge is 0.273 e. The number of hydrogen-bond donors (Lipinski definition) is 1. The van der Waals surface area contributed by atoms with Crippen molar-refractivity contribution in [3.05, 3.63) is 64.1 Å². The minimum absolute atomic E-state index is 0.186. The van der Waals surface area contributed by atoms with Crippen molar-refractivity contribution >= 4 is 17.2 Å². The fraction of sp³-hybridized carbons (Fsp3) is 0.350. The van der Waals surface area contributed by atoms with Gasteiger partial charge < -0.3 is 5.32 Å². The summed E-state index contributed by atoms with van der Waals surface area (Å²) in [6.45, 7) is 4.79. The molecule has 3 heterocycles. The van der Waals surface area contributed by atoms with Crippen molar-refractivity contribution in [2.75, 3.05) is 19.6 Å². The number of amides is 1. The molecule has 4 rings (SSSR count). The van der Waals surface area contributed by atoms with E-state index in [1.54, 1.807) is 22.2 Å². The maximum atomic E-state index is 12.6. The average molecular weight is 382 g/mol. The van der Waals surface area contributed by atoms with Gasteiger partial charge in [-0.05, 0) is 56.4 Å². The number of benzene rings is 1. The molecule has 1 aliphatic rings. The van der Waals surface area contributed by atoms with Gasteiger partial charge in [-0.15, -0.1) is 16.4 Å². The lowest BCUT2D eigenvalue weighted by Crippen LogP contribution is -2.36. The van der Waals surface area contributed by atoms with E-state index in [-0.39, 0.29) is 11.9 Å². The van der Waals surface area contributed by atoms with E-state index in [0.717, 1.165) is 18.8 Å². The second-order valence-corrected chi connectivity index (χ2v) is 7.85. The molecular formula is C20H23N5OS. The molecule has 1 atom stereocenters. The number of hydrogen-bond acceptors (Lipinski definition) is 5. The Labute approximate surface area is 162 Å². The lowest BCUT2D eigenvalue weighted by molar-refractivity contribution is 0.0933. The van der Waals surface area contributed by atoms with Crippen LogP contribution in [0.15, 0.2) is 48.0 Å². The summed E-state index contributed by atoms with van der Waals surface area (Å²) in [5.74, 6) is -0.186. The third kappa shape index (κ3) is 4.09. The Kier molecular flexibility index (Phi) is 5.31. The lowest BCUT2D eigenvalue weighted by Gasteiger charge is -2.26. The SMILES string of the molecule is Cc1ccc(-n2cc(C(=O)NCC(c3cccs3)N3CCCC3)nn2)cc1. The van der Waals surface area contributed by atoms with Gasteiger partial charge in [0, 0.05) is 11.4 Å². The van der Waals surface area contributed by atoms with Crippen molar-refractivity contribution in [1.82, 2.24) is 25.2 Å². The van der Waals surface area contributed by atoms with Crippen molar-refractivity contribution in [3.8, 4) is 5.69 Å². The number of rotatable bonds is 6. The first-order valence-corrected chi connectivity index (χ1v) is 10.1. The molecule has 0 spiro atoms. The highest BCUT2D eigenvalue weighted by molar-refractivity contribution is 7.10. The molecule has 6 nitrogen and oxygen atoms in total. The van der Waals surface area contributed by atoms with Gasteiger partial charge in [0.05, 0.1) is 17.9 Å². The Morgan fingerprint density at radius 1 is 1.22 bits per heavy atom. The van der Waals surface area contributed by atoms with Gasteiger partial charge in [0.15, 0.2) is 5.69 Å². The Hall–Kier alpha value is -2.51. The fourth-order valence-corrected chi connectivity index (χ4v) is 4.28. The first kappa shape index (κ1) is 17.9. The third-order valence-electron chi connectivity index (χ3n) is 4.93. The molecule has 7 heteroatoms. The van der Waals surface area contributed by atoms with Crippen molar-refractivity contribution < 1.29 is 4.79 Å². The highest BCUT2D eigenvalue weighted by Gasteiger charge is 2.25. The molecule has 1 aromatic carbocycles. The van der Waals surface area contributed by atoms with Crippen LogP contribution < -0.4 is 5.32 Å². The summed E-state index contributed by atoms with van der Waals surface area (Å²) < 4.78 is 1.63. The second-order valence-electron chi connectivity index (χ2n) is 6.87. The van der Waals surface area contributed by atoms with Gasteiger partial charge in [-0.2, -0.15) is 0 Å². The molecule has 27 heavy (non-hydrogen) atoms. The number of aryl methyl sites for hydroxylation is 1. The van der Waals surface area contributed by atoms with Crippen molar-refractivity contribution in [2.24, 2.45) is 0 Å². The number of aromatic nitrogens is 3. The molecule has 1 N–H and O–H groups in total. The minimum atomic E-state index is -0.186. The van der Waals surface area contributed by atoms with Crippen LogP contribution in [-0.4, -0.2) is 45.4 Å². The number of carbonyl (C=O) groups excluding carboxylic acids is 1. The predicted molar refractivity (Wildman–Crippen MR) is 106 cm³/mol. The van der Waals surface area contributed by atoms with Gasteiger partial charge in [-0.25, -0.2) is 4.68 Å². The van der Waals surface area contributed by atoms with E-state index >= 15 is 0 Å². The number of carbonyl (C=O) groups is 1. The molecule has 0 aliphatic carbocycles. The maximum absolute atomic E-state index is 12.6. The van der Waals surface area contributed by atoms with E-state index in [4.69, 9.17) is 0 Å². The van der Waals surface area contributed by atoms with Crippen LogP contribution in [0.5, 0.6) is 0 Å². The largest absolute Gasteiger partial charge is 0.349 e. The summed E-state index contributed by atoms with van der Waals surface area (Å²) in [4.78, 5) is 16.3. The van der Waals surface area contributed by atoms with Crippen LogP contribution in [0.4, 0.5) is 0 Å². The standard InChI is InChI=1S/C20H23N5OS/c1-15-6-8-16(9-7-15)25-14-17(22-23-25)20(26)21-13-18(19-5-4-12-27-19)24-10-2-3-11-24/h4-9,12,14,18H,2-3,10-11,13H2,1H3,(H,21,26). The van der Waals surface area contributed by atoms with Crippen molar-refractivity contribution in [1.29, 1.82) is 0 Å². The number of thiophene rings is 1. The van der Waals surface area contributed by atoms with Gasteiger partial charge >= 0.3 is 0 Å². The molecule has 0 saturated carbocycles. The summed E-state index contributed by atoms with van der Waals surface area (Å²) in [5, 5.41) is 13.3. The molecule has 1 unspecified atom stereocenters. The topological polar surface area (TPSA) is 63.1 Å². The van der Waals surface area contributed by atoms with E-state index < -0.39 is 0 Å². The molecule has 1 fully saturated rings. The fourth-order valence-electron chi connectivity index (χ4n) is 3.42. The van der Waals surface area contributed by atoms with E-state index in [2.05, 4.69) is 38.0 Å². The van der Waals surface area contributed by atoms with Crippen LogP contribution in [0.2, 0.25) is 0 Å². The zero-order chi connectivity index (χ0) is 18.6. The van der Waals surface area contributed by atoms with Gasteiger partial charge in [-0.1, -0.05) is 29.0 Å². The van der Waals surface area contributed by atoms with E-state index in [0.29, 0.717) is 12.2 Å². The number of likely N-dealkylation sites (tertiary alicyclic amines) is 1. The molecule has 1 amide bonds. The molecule has 1 saturated heterocycles. The minimum Gasteiger partial charge on any atom is -0.349 e. The van der Waals surface area contributed by atoms with Crippen LogP contribution in [0, 0.1) is 6.92 Å². The predicted octanol–water partition coefficient (Wildman–Crippen LogP) is 3.20. The van der Waals surface area contributed by atoms with Gasteiger partial charge in [0.25, 0.3) is 5.91 Å². The van der Waals surface area contributed by atoms with Gasteiger partial charge in [-0.3, -0.25) is 9.69 Å². The van der Waals surface area contributed by atoms with E-state index in [9.17, 15) is 4.79 Å². The summed E-state index contributed by atoms with van der Waals surface area (Å²) in [6, 6.07) is 12.4. The van der Waals surface area contributed by atoms with Crippen LogP contribution in [0.25, 0.3) is 5.69 Å². The monoisotopic (exact) mass is 381 g/mol. The first-order chi connectivity index (χ1) is 13.2. The van der Waals surface area contributed by atoms with Gasteiger partial charge in [0.1, 0.15) is 0 Å². The second kappa shape index (κ2) is 8.02. The Morgan fingerprint density at radius 2 is 2.00 bits per heavy atom. The average Bonchev–Trinajstić information content (AvgIpc) is 3.44. The highest BCUT2D eigenvalue weighted by atomic mass is 32.1. The molecule has 0 radical (unpaired) electrons. The number of nitrogens with zero attached hydrogens (tertiary/aromatic N) is 4. The van der Waals surface area contributed by atoms with Gasteiger partial charge in [0.2, 0.25) is 0 Å². The molecular weight excluding hydrogens is 358 g/mol. The normalized spacial score (nSPS) is 15.7. The first-order valence-electron chi connectivity index (χ1n) is 9.26. The molecule has 0 bridgehead atoms. The van der Waals surface area contributed by atoms with Crippen LogP contribution in [0.3, 0.4) is 0 Å². The van der Waals surface area contributed by atoms with Crippen LogP contribution in [0.1, 0.15) is 39.8 Å². The Balaban J connectivity index is 1.43. The molecule has 140 valence electrons. The zero-order valence-corrected chi connectivity index (χ0v) is 16.2. The Morgan fingerprint density at radius 3 is 2.70 bits per heavy atom. The number of nitrogens with one attached hydrogen (secondary N) is 1. The summed E-state index contributed by atoms with van der Waals surface area (Å²) in [7, 11) is 0. The summed E-state index contributed by atoms with van der Waals surface area (Å²) >= 11 is 1.74. The van der Waals surface area contributed by atoms with Crippen molar-refractivity contribution in [2.45, 2.75) is 25.8 Å². The maximum Gasteiger partial charge on any atom is 0.273 e. The third-order valence-corrected chi connectivity index (χ3v) is 5.91.